The summed E-state index contributed by atoms with van der Waals surface area (Å²) in [5.74, 6) is 4.95. The molecule has 5 heteroatoms. The Morgan fingerprint density at radius 3 is 2.90 bits per heavy atom. The van der Waals surface area contributed by atoms with Crippen molar-refractivity contribution in [2.24, 2.45) is 5.92 Å². The maximum Gasteiger partial charge on any atom is 0.295 e. The van der Waals surface area contributed by atoms with Crippen molar-refractivity contribution in [3.8, 4) is 11.8 Å². The van der Waals surface area contributed by atoms with Crippen molar-refractivity contribution < 1.29 is 14.3 Å². The molecule has 1 aromatic rings. The summed E-state index contributed by atoms with van der Waals surface area (Å²) in [6.45, 7) is 1.88. The standard InChI is InChI=1S/C16H19FN2O2/c17-14-6-4-13(5-7-14)15(20)11-19-16(21)8-3-12-2-1-9-18-10-12/h4-7,12,15,18,20H,1-2,9-11H2,(H,19,21)/t12-,15-/m1/s1. The predicted molar refractivity (Wildman–Crippen MR) is 77.7 cm³/mol. The van der Waals surface area contributed by atoms with E-state index in [1.54, 1.807) is 0 Å². The quantitative estimate of drug-likeness (QED) is 0.727. The highest BCUT2D eigenvalue weighted by molar-refractivity contribution is 5.93. The van der Waals surface area contributed by atoms with E-state index < -0.39 is 12.0 Å². The van der Waals surface area contributed by atoms with Crippen LogP contribution in [0.3, 0.4) is 0 Å². The van der Waals surface area contributed by atoms with Crippen LogP contribution in [0.1, 0.15) is 24.5 Å². The van der Waals surface area contributed by atoms with Gasteiger partial charge in [0.15, 0.2) is 0 Å². The Bertz CT molecular complexity index is 527. The molecule has 2 atom stereocenters. The van der Waals surface area contributed by atoms with Crippen LogP contribution < -0.4 is 10.6 Å². The molecule has 0 radical (unpaired) electrons. The van der Waals surface area contributed by atoms with E-state index in [1.165, 1.54) is 24.3 Å². The fraction of sp³-hybridized carbons (Fsp3) is 0.438. The monoisotopic (exact) mass is 290 g/mol. The number of carbonyl (C=O) groups is 1. The van der Waals surface area contributed by atoms with Crippen molar-refractivity contribution in [3.05, 3.63) is 35.6 Å². The molecule has 0 spiro atoms. The molecular formula is C16H19FN2O2. The topological polar surface area (TPSA) is 61.4 Å². The number of piperidine rings is 1. The third-order valence-electron chi connectivity index (χ3n) is 3.40. The lowest BCUT2D eigenvalue weighted by Gasteiger charge is -2.17. The number of aliphatic hydroxyl groups is 1. The molecule has 0 unspecified atom stereocenters. The minimum atomic E-state index is -0.868. The number of nitrogens with one attached hydrogen (secondary N) is 2. The third-order valence-corrected chi connectivity index (χ3v) is 3.40. The molecule has 1 aliphatic heterocycles. The Hall–Kier alpha value is -1.90. The molecule has 4 nitrogen and oxygen atoms in total. The number of hydrogen-bond donors (Lipinski definition) is 3. The second kappa shape index (κ2) is 7.77. The predicted octanol–water partition coefficient (Wildman–Crippen LogP) is 0.978. The minimum absolute atomic E-state index is 0.0576. The molecule has 3 N–H and O–H groups in total. The Balaban J connectivity index is 1.78. The van der Waals surface area contributed by atoms with Gasteiger partial charge < -0.3 is 15.7 Å². The van der Waals surface area contributed by atoms with E-state index in [0.29, 0.717) is 5.56 Å². The van der Waals surface area contributed by atoms with E-state index in [-0.39, 0.29) is 18.3 Å². The van der Waals surface area contributed by atoms with Crippen LogP contribution in [-0.4, -0.2) is 30.6 Å². The molecule has 0 saturated carbocycles. The Morgan fingerprint density at radius 2 is 2.24 bits per heavy atom. The van der Waals surface area contributed by atoms with Gasteiger partial charge in [-0.15, -0.1) is 0 Å². The molecule has 21 heavy (non-hydrogen) atoms. The number of benzene rings is 1. The highest BCUT2D eigenvalue weighted by atomic mass is 19.1. The van der Waals surface area contributed by atoms with Crippen LogP contribution in [-0.2, 0) is 4.79 Å². The van der Waals surface area contributed by atoms with Gasteiger partial charge in [-0.3, -0.25) is 4.79 Å². The average molecular weight is 290 g/mol. The lowest BCUT2D eigenvalue weighted by molar-refractivity contribution is -0.116. The Kier molecular flexibility index (Phi) is 5.73. The van der Waals surface area contributed by atoms with Gasteiger partial charge in [0.1, 0.15) is 5.82 Å². The molecule has 0 aliphatic carbocycles. The average Bonchev–Trinajstić information content (AvgIpc) is 2.52. The lowest BCUT2D eigenvalue weighted by atomic mass is 10.0. The van der Waals surface area contributed by atoms with Crippen molar-refractivity contribution in [2.45, 2.75) is 18.9 Å². The van der Waals surface area contributed by atoms with Crippen LogP contribution in [0.15, 0.2) is 24.3 Å². The maximum atomic E-state index is 12.8. The molecular weight excluding hydrogens is 271 g/mol. The summed E-state index contributed by atoms with van der Waals surface area (Å²) in [5.41, 5.74) is 0.557. The van der Waals surface area contributed by atoms with Crippen LogP contribution in [0, 0.1) is 23.6 Å². The van der Waals surface area contributed by atoms with Crippen molar-refractivity contribution in [2.75, 3.05) is 19.6 Å². The maximum absolute atomic E-state index is 12.8. The molecule has 1 aromatic carbocycles. The third kappa shape index (κ3) is 5.18. The molecule has 0 bridgehead atoms. The van der Waals surface area contributed by atoms with Gasteiger partial charge in [0.2, 0.25) is 0 Å². The molecule has 1 aliphatic rings. The van der Waals surface area contributed by atoms with Crippen molar-refractivity contribution in [1.29, 1.82) is 0 Å². The van der Waals surface area contributed by atoms with Gasteiger partial charge in [-0.2, -0.15) is 0 Å². The number of aliphatic hydroxyl groups excluding tert-OH is 1. The molecule has 1 heterocycles. The number of hydrogen-bond acceptors (Lipinski definition) is 3. The van der Waals surface area contributed by atoms with Crippen molar-refractivity contribution in [1.82, 2.24) is 10.6 Å². The second-order valence-corrected chi connectivity index (χ2v) is 5.09. The van der Waals surface area contributed by atoms with Crippen LogP contribution in [0.4, 0.5) is 4.39 Å². The van der Waals surface area contributed by atoms with E-state index in [9.17, 15) is 14.3 Å². The molecule has 112 valence electrons. The minimum Gasteiger partial charge on any atom is -0.387 e. The number of halogens is 1. The van der Waals surface area contributed by atoms with Gasteiger partial charge in [-0.05, 0) is 43.0 Å². The Labute approximate surface area is 123 Å². The van der Waals surface area contributed by atoms with Gasteiger partial charge in [0.25, 0.3) is 5.91 Å². The first-order valence-corrected chi connectivity index (χ1v) is 7.09. The first-order chi connectivity index (χ1) is 10.1. The van der Waals surface area contributed by atoms with E-state index in [1.807, 2.05) is 0 Å². The normalized spacial score (nSPS) is 19.2. The number of rotatable bonds is 3. The molecule has 0 aromatic heterocycles. The van der Waals surface area contributed by atoms with E-state index in [4.69, 9.17) is 0 Å². The van der Waals surface area contributed by atoms with Crippen molar-refractivity contribution in [3.63, 3.8) is 0 Å². The van der Waals surface area contributed by atoms with Gasteiger partial charge in [-0.1, -0.05) is 18.1 Å². The fourth-order valence-corrected chi connectivity index (χ4v) is 2.18. The summed E-state index contributed by atoms with van der Waals surface area (Å²) in [7, 11) is 0. The van der Waals surface area contributed by atoms with Gasteiger partial charge in [-0.25, -0.2) is 4.39 Å². The van der Waals surface area contributed by atoms with E-state index >= 15 is 0 Å². The lowest BCUT2D eigenvalue weighted by Crippen LogP contribution is -2.30. The van der Waals surface area contributed by atoms with Crippen LogP contribution in [0.25, 0.3) is 0 Å². The SMILES string of the molecule is O=C(C#C[C@H]1CCCNC1)NC[C@@H](O)c1ccc(F)cc1. The summed E-state index contributed by atoms with van der Waals surface area (Å²) in [4.78, 5) is 11.6. The van der Waals surface area contributed by atoms with Gasteiger partial charge >= 0.3 is 0 Å². The second-order valence-electron chi connectivity index (χ2n) is 5.09. The zero-order valence-corrected chi connectivity index (χ0v) is 11.7. The molecule has 1 fully saturated rings. The molecule has 1 amide bonds. The first-order valence-electron chi connectivity index (χ1n) is 7.09. The van der Waals surface area contributed by atoms with Crippen molar-refractivity contribution >= 4 is 5.91 Å². The number of carbonyl (C=O) groups excluding carboxylic acids is 1. The zero-order valence-electron chi connectivity index (χ0n) is 11.7. The van der Waals surface area contributed by atoms with Crippen LogP contribution in [0.2, 0.25) is 0 Å². The Morgan fingerprint density at radius 1 is 1.48 bits per heavy atom. The van der Waals surface area contributed by atoms with E-state index in [2.05, 4.69) is 22.5 Å². The molecule has 2 rings (SSSR count). The summed E-state index contributed by atoms with van der Waals surface area (Å²) >= 11 is 0. The summed E-state index contributed by atoms with van der Waals surface area (Å²) in [5, 5.41) is 15.7. The smallest absolute Gasteiger partial charge is 0.295 e. The zero-order chi connectivity index (χ0) is 15.1. The van der Waals surface area contributed by atoms with Crippen LogP contribution in [0.5, 0.6) is 0 Å². The highest BCUT2D eigenvalue weighted by Gasteiger charge is 2.11. The summed E-state index contributed by atoms with van der Waals surface area (Å²) in [6.07, 6.45) is 1.21. The highest BCUT2D eigenvalue weighted by Crippen LogP contribution is 2.12. The largest absolute Gasteiger partial charge is 0.387 e. The fourth-order valence-electron chi connectivity index (χ4n) is 2.18. The summed E-state index contributed by atoms with van der Waals surface area (Å²) < 4.78 is 12.8. The van der Waals surface area contributed by atoms with Gasteiger partial charge in [0, 0.05) is 19.0 Å². The van der Waals surface area contributed by atoms with Crippen LogP contribution >= 0.6 is 0 Å². The summed E-state index contributed by atoms with van der Waals surface area (Å²) in [6, 6.07) is 5.53. The number of amides is 1. The van der Waals surface area contributed by atoms with E-state index in [0.717, 1.165) is 25.9 Å². The first kappa shape index (κ1) is 15.5. The molecule has 1 saturated heterocycles. The van der Waals surface area contributed by atoms with Gasteiger partial charge in [0.05, 0.1) is 6.10 Å².